The second-order valence-corrected chi connectivity index (χ2v) is 4.86. The standard InChI is InChI=1S/C15H20F2N2O2/c1-11-9-13(19-14(10-11)21-3)18-8-4-5-12(20)6-7-15(2,16)17/h6-7,9-10H,4-5,8H2,1-3H3,(H,18,19)/b7-6+. The number of nitrogens with zero attached hydrogens (tertiary/aromatic N) is 1. The third-order valence-corrected chi connectivity index (χ3v) is 2.62. The van der Waals surface area contributed by atoms with Crippen LogP contribution in [-0.4, -0.2) is 30.3 Å². The van der Waals surface area contributed by atoms with Crippen molar-refractivity contribution in [2.45, 2.75) is 32.6 Å². The Balaban J connectivity index is 2.36. The fourth-order valence-electron chi connectivity index (χ4n) is 1.63. The molecule has 0 aliphatic carbocycles. The normalized spacial score (nSPS) is 11.7. The molecule has 0 saturated heterocycles. The average molecular weight is 298 g/mol. The van der Waals surface area contributed by atoms with Gasteiger partial charge in [-0.25, -0.2) is 8.78 Å². The van der Waals surface area contributed by atoms with Crippen molar-refractivity contribution in [2.75, 3.05) is 19.0 Å². The maximum Gasteiger partial charge on any atom is 0.264 e. The van der Waals surface area contributed by atoms with Crippen molar-refractivity contribution in [3.05, 3.63) is 29.8 Å². The molecule has 6 heteroatoms. The summed E-state index contributed by atoms with van der Waals surface area (Å²) in [6, 6.07) is 3.67. The van der Waals surface area contributed by atoms with Gasteiger partial charge in [0.25, 0.3) is 5.92 Å². The maximum absolute atomic E-state index is 12.5. The lowest BCUT2D eigenvalue weighted by molar-refractivity contribution is -0.114. The summed E-state index contributed by atoms with van der Waals surface area (Å²) in [5.74, 6) is -2.08. The number of methoxy groups -OCH3 is 1. The first kappa shape index (κ1) is 17.1. The van der Waals surface area contributed by atoms with Gasteiger partial charge < -0.3 is 10.1 Å². The van der Waals surface area contributed by atoms with Crippen LogP contribution in [0.25, 0.3) is 0 Å². The number of halogens is 2. The topological polar surface area (TPSA) is 51.2 Å². The van der Waals surface area contributed by atoms with Crippen LogP contribution in [0.3, 0.4) is 0 Å². The number of hydrogen-bond donors (Lipinski definition) is 1. The van der Waals surface area contributed by atoms with Gasteiger partial charge in [-0.1, -0.05) is 0 Å². The molecule has 116 valence electrons. The summed E-state index contributed by atoms with van der Waals surface area (Å²) in [7, 11) is 1.54. The summed E-state index contributed by atoms with van der Waals surface area (Å²) >= 11 is 0. The number of nitrogens with one attached hydrogen (secondary N) is 1. The monoisotopic (exact) mass is 298 g/mol. The van der Waals surface area contributed by atoms with Crippen LogP contribution >= 0.6 is 0 Å². The molecule has 0 radical (unpaired) electrons. The Kier molecular flexibility index (Phi) is 6.27. The van der Waals surface area contributed by atoms with E-state index in [1.54, 1.807) is 7.11 Å². The summed E-state index contributed by atoms with van der Waals surface area (Å²) < 4.78 is 30.1. The van der Waals surface area contributed by atoms with Crippen LogP contribution in [0.15, 0.2) is 24.3 Å². The van der Waals surface area contributed by atoms with Crippen LogP contribution in [-0.2, 0) is 4.79 Å². The maximum atomic E-state index is 12.5. The van der Waals surface area contributed by atoms with Crippen molar-refractivity contribution < 1.29 is 18.3 Å². The van der Waals surface area contributed by atoms with Crippen LogP contribution in [0.4, 0.5) is 14.6 Å². The minimum atomic E-state index is -2.95. The highest BCUT2D eigenvalue weighted by molar-refractivity contribution is 5.89. The number of aryl methyl sites for hydroxylation is 1. The molecule has 0 aliphatic rings. The highest BCUT2D eigenvalue weighted by Crippen LogP contribution is 2.15. The molecule has 0 amide bonds. The number of ketones is 1. The van der Waals surface area contributed by atoms with E-state index >= 15 is 0 Å². The first-order valence-electron chi connectivity index (χ1n) is 6.66. The van der Waals surface area contributed by atoms with E-state index in [1.165, 1.54) is 0 Å². The van der Waals surface area contributed by atoms with E-state index in [-0.39, 0.29) is 12.2 Å². The van der Waals surface area contributed by atoms with Gasteiger partial charge in [-0.15, -0.1) is 0 Å². The van der Waals surface area contributed by atoms with Crippen molar-refractivity contribution in [3.63, 3.8) is 0 Å². The minimum Gasteiger partial charge on any atom is -0.481 e. The predicted molar refractivity (Wildman–Crippen MR) is 78.0 cm³/mol. The first-order valence-corrected chi connectivity index (χ1v) is 6.66. The number of carbonyl (C=O) groups excluding carboxylic acids is 1. The molecule has 1 aromatic heterocycles. The van der Waals surface area contributed by atoms with E-state index in [9.17, 15) is 13.6 Å². The SMILES string of the molecule is COc1cc(C)cc(NCCCC(=O)/C=C/C(C)(F)F)n1. The Labute approximate surface area is 123 Å². The lowest BCUT2D eigenvalue weighted by atomic mass is 10.2. The summed E-state index contributed by atoms with van der Waals surface area (Å²) in [4.78, 5) is 15.6. The van der Waals surface area contributed by atoms with Crippen LogP contribution in [0.1, 0.15) is 25.3 Å². The molecule has 0 bridgehead atoms. The fraction of sp³-hybridized carbons (Fsp3) is 0.467. The van der Waals surface area contributed by atoms with Gasteiger partial charge in [-0.05, 0) is 37.1 Å². The number of pyridine rings is 1. The summed E-state index contributed by atoms with van der Waals surface area (Å²) in [5.41, 5.74) is 1.01. The van der Waals surface area contributed by atoms with E-state index in [0.717, 1.165) is 18.6 Å². The average Bonchev–Trinajstić information content (AvgIpc) is 2.40. The van der Waals surface area contributed by atoms with Crippen molar-refractivity contribution in [1.82, 2.24) is 4.98 Å². The number of rotatable bonds is 8. The Morgan fingerprint density at radius 2 is 2.19 bits per heavy atom. The summed E-state index contributed by atoms with van der Waals surface area (Å²) in [6.07, 6.45) is 2.31. The quantitative estimate of drug-likeness (QED) is 0.590. The minimum absolute atomic E-state index is 0.211. The summed E-state index contributed by atoms with van der Waals surface area (Å²) in [6.45, 7) is 3.20. The summed E-state index contributed by atoms with van der Waals surface area (Å²) in [5, 5.41) is 3.07. The van der Waals surface area contributed by atoms with Gasteiger partial charge in [-0.2, -0.15) is 4.98 Å². The third-order valence-electron chi connectivity index (χ3n) is 2.62. The fourth-order valence-corrected chi connectivity index (χ4v) is 1.63. The molecule has 1 rings (SSSR count). The van der Waals surface area contributed by atoms with Crippen molar-refractivity contribution >= 4 is 11.6 Å². The molecule has 4 nitrogen and oxygen atoms in total. The number of hydrogen-bond acceptors (Lipinski definition) is 4. The van der Waals surface area contributed by atoms with E-state index in [2.05, 4.69) is 10.3 Å². The van der Waals surface area contributed by atoms with Crippen molar-refractivity contribution in [1.29, 1.82) is 0 Å². The number of ether oxygens (including phenoxy) is 1. The number of allylic oxidation sites excluding steroid dienone is 2. The zero-order valence-corrected chi connectivity index (χ0v) is 12.5. The van der Waals surface area contributed by atoms with Crippen molar-refractivity contribution in [3.8, 4) is 5.88 Å². The van der Waals surface area contributed by atoms with Crippen LogP contribution < -0.4 is 10.1 Å². The van der Waals surface area contributed by atoms with Crippen molar-refractivity contribution in [2.24, 2.45) is 0 Å². The Morgan fingerprint density at radius 3 is 2.81 bits per heavy atom. The van der Waals surface area contributed by atoms with E-state index < -0.39 is 5.92 Å². The largest absolute Gasteiger partial charge is 0.481 e. The zero-order valence-electron chi connectivity index (χ0n) is 12.5. The van der Waals surface area contributed by atoms with Gasteiger partial charge in [0.2, 0.25) is 5.88 Å². The van der Waals surface area contributed by atoms with Gasteiger partial charge in [0.15, 0.2) is 5.78 Å². The third kappa shape index (κ3) is 7.39. The Hall–Kier alpha value is -1.98. The number of carbonyl (C=O) groups is 1. The number of aromatic nitrogens is 1. The van der Waals surface area contributed by atoms with E-state index in [4.69, 9.17) is 4.74 Å². The molecule has 0 unspecified atom stereocenters. The molecule has 0 fully saturated rings. The molecule has 0 aliphatic heterocycles. The molecule has 0 atom stereocenters. The Bertz CT molecular complexity index is 511. The number of alkyl halides is 2. The molecule has 0 aromatic carbocycles. The smallest absolute Gasteiger partial charge is 0.264 e. The van der Waals surface area contributed by atoms with Gasteiger partial charge in [0, 0.05) is 26.0 Å². The highest BCUT2D eigenvalue weighted by atomic mass is 19.3. The lowest BCUT2D eigenvalue weighted by Crippen LogP contribution is -2.08. The highest BCUT2D eigenvalue weighted by Gasteiger charge is 2.15. The van der Waals surface area contributed by atoms with E-state index in [1.807, 2.05) is 19.1 Å². The van der Waals surface area contributed by atoms with Gasteiger partial charge in [0.1, 0.15) is 5.82 Å². The predicted octanol–water partition coefficient (Wildman–Crippen LogP) is 3.37. The molecule has 0 saturated carbocycles. The van der Waals surface area contributed by atoms with E-state index in [0.29, 0.717) is 30.7 Å². The molecular formula is C15H20F2N2O2. The molecular weight excluding hydrogens is 278 g/mol. The van der Waals surface area contributed by atoms with Gasteiger partial charge in [0.05, 0.1) is 7.11 Å². The van der Waals surface area contributed by atoms with Crippen LogP contribution in [0, 0.1) is 6.92 Å². The first-order chi connectivity index (χ1) is 9.80. The second-order valence-electron chi connectivity index (χ2n) is 4.86. The number of anilines is 1. The van der Waals surface area contributed by atoms with Gasteiger partial charge >= 0.3 is 0 Å². The molecule has 0 spiro atoms. The van der Waals surface area contributed by atoms with Crippen LogP contribution in [0.5, 0.6) is 5.88 Å². The zero-order chi connectivity index (χ0) is 15.9. The molecule has 1 heterocycles. The second kappa shape index (κ2) is 7.71. The van der Waals surface area contributed by atoms with Crippen LogP contribution in [0.2, 0.25) is 0 Å². The Morgan fingerprint density at radius 1 is 1.48 bits per heavy atom. The molecule has 1 aromatic rings. The lowest BCUT2D eigenvalue weighted by Gasteiger charge is -2.08. The molecule has 21 heavy (non-hydrogen) atoms. The molecule has 1 N–H and O–H groups in total. The van der Waals surface area contributed by atoms with Gasteiger partial charge in [-0.3, -0.25) is 4.79 Å².